The van der Waals surface area contributed by atoms with Crippen molar-refractivity contribution < 1.29 is 23.9 Å². The van der Waals surface area contributed by atoms with E-state index in [0.717, 1.165) is 36.1 Å². The van der Waals surface area contributed by atoms with E-state index in [1.54, 1.807) is 32.1 Å². The molecular formula is C24H27N3O6S. The molecule has 0 radical (unpaired) electrons. The molecule has 4 rings (SSSR count). The first-order valence-corrected chi connectivity index (χ1v) is 12.2. The Balaban J connectivity index is 1.38. The number of Topliss-reactive ketones (excluding diaryl/α,β-unsaturated/α-hetero) is 1. The standard InChI is InChI=1S/C24H27N3O6S/c1-4-32-24(31)21-13(2)19(14(3)26-21)16(28)11-33-18(29)9-10-27-12-25-22-20(23(27)30)15-7-5-6-8-17(15)34-22/h12,26H,4-11H2,1-3H3. The molecule has 0 atom stereocenters. The molecule has 3 aromatic rings. The van der Waals surface area contributed by atoms with E-state index in [9.17, 15) is 19.2 Å². The SMILES string of the molecule is CCOC(=O)c1[nH]c(C)c(C(=O)COC(=O)CCn2cnc3sc4c(c3c2=O)CCCC4)c1C. The fourth-order valence-electron chi connectivity index (χ4n) is 4.42. The zero-order valence-corrected chi connectivity index (χ0v) is 20.3. The van der Waals surface area contributed by atoms with Gasteiger partial charge in [0, 0.05) is 22.7 Å². The highest BCUT2D eigenvalue weighted by Crippen LogP contribution is 2.33. The van der Waals surface area contributed by atoms with E-state index in [-0.39, 0.29) is 30.8 Å². The van der Waals surface area contributed by atoms with Crippen LogP contribution in [0.2, 0.25) is 0 Å². The molecule has 1 N–H and O–H groups in total. The van der Waals surface area contributed by atoms with Gasteiger partial charge in [-0.2, -0.15) is 0 Å². The van der Waals surface area contributed by atoms with Crippen molar-refractivity contribution in [1.29, 1.82) is 0 Å². The van der Waals surface area contributed by atoms with E-state index in [1.807, 2.05) is 0 Å². The van der Waals surface area contributed by atoms with E-state index >= 15 is 0 Å². The summed E-state index contributed by atoms with van der Waals surface area (Å²) >= 11 is 1.58. The minimum atomic E-state index is -0.593. The lowest BCUT2D eigenvalue weighted by Crippen LogP contribution is -2.23. The molecular weight excluding hydrogens is 458 g/mol. The predicted octanol–water partition coefficient (Wildman–Crippen LogP) is 3.27. The second kappa shape index (κ2) is 9.92. The average molecular weight is 486 g/mol. The summed E-state index contributed by atoms with van der Waals surface area (Å²) in [5.41, 5.74) is 2.45. The van der Waals surface area contributed by atoms with Crippen molar-refractivity contribution in [3.8, 4) is 0 Å². The smallest absolute Gasteiger partial charge is 0.355 e. The normalized spacial score (nSPS) is 13.0. The molecule has 0 aliphatic heterocycles. The van der Waals surface area contributed by atoms with Crippen molar-refractivity contribution in [2.75, 3.05) is 13.2 Å². The van der Waals surface area contributed by atoms with Gasteiger partial charge in [0.2, 0.25) is 5.78 Å². The molecule has 1 aliphatic rings. The van der Waals surface area contributed by atoms with Crippen molar-refractivity contribution in [1.82, 2.24) is 14.5 Å². The van der Waals surface area contributed by atoms with Crippen LogP contribution in [0, 0.1) is 13.8 Å². The highest BCUT2D eigenvalue weighted by atomic mass is 32.1. The third kappa shape index (κ3) is 4.54. The molecule has 0 fully saturated rings. The van der Waals surface area contributed by atoms with Crippen LogP contribution in [0.5, 0.6) is 0 Å². The lowest BCUT2D eigenvalue weighted by atomic mass is 9.97. The molecule has 180 valence electrons. The fraction of sp³-hybridized carbons (Fsp3) is 0.458. The number of aromatic nitrogens is 3. The summed E-state index contributed by atoms with van der Waals surface area (Å²) in [6, 6.07) is 0. The molecule has 0 bridgehead atoms. The summed E-state index contributed by atoms with van der Waals surface area (Å²) < 4.78 is 11.6. The number of rotatable bonds is 8. The van der Waals surface area contributed by atoms with Crippen molar-refractivity contribution in [3.63, 3.8) is 0 Å². The number of hydrogen-bond donors (Lipinski definition) is 1. The number of thiophene rings is 1. The van der Waals surface area contributed by atoms with Crippen molar-refractivity contribution in [2.24, 2.45) is 0 Å². The van der Waals surface area contributed by atoms with Crippen molar-refractivity contribution in [3.05, 3.63) is 49.6 Å². The van der Waals surface area contributed by atoms with E-state index in [4.69, 9.17) is 9.47 Å². The Bertz CT molecular complexity index is 1330. The minimum absolute atomic E-state index is 0.0636. The van der Waals surface area contributed by atoms with E-state index < -0.39 is 24.3 Å². The Labute approximate surface area is 200 Å². The van der Waals surface area contributed by atoms with Crippen LogP contribution in [-0.4, -0.2) is 45.5 Å². The highest BCUT2D eigenvalue weighted by molar-refractivity contribution is 7.18. The van der Waals surface area contributed by atoms with E-state index in [2.05, 4.69) is 9.97 Å². The van der Waals surface area contributed by atoms with Crippen LogP contribution in [-0.2, 0) is 33.7 Å². The van der Waals surface area contributed by atoms with E-state index in [1.165, 1.54) is 15.8 Å². The Morgan fingerprint density at radius 1 is 1.18 bits per heavy atom. The molecule has 0 saturated heterocycles. The number of carbonyl (C=O) groups excluding carboxylic acids is 3. The number of hydrogen-bond acceptors (Lipinski definition) is 8. The third-order valence-corrected chi connectivity index (χ3v) is 7.26. The van der Waals surface area contributed by atoms with Crippen LogP contribution in [0.15, 0.2) is 11.1 Å². The molecule has 0 aromatic carbocycles. The number of carbonyl (C=O) groups is 3. The van der Waals surface area contributed by atoms with Gasteiger partial charge >= 0.3 is 11.9 Å². The number of fused-ring (bicyclic) bond motifs is 3. The Morgan fingerprint density at radius 2 is 1.94 bits per heavy atom. The van der Waals surface area contributed by atoms with Crippen LogP contribution in [0.4, 0.5) is 0 Å². The first kappa shape index (κ1) is 23.9. The van der Waals surface area contributed by atoms with Gasteiger partial charge < -0.3 is 14.5 Å². The maximum absolute atomic E-state index is 13.0. The first-order chi connectivity index (χ1) is 16.3. The van der Waals surface area contributed by atoms with Gasteiger partial charge in [0.25, 0.3) is 5.56 Å². The summed E-state index contributed by atoms with van der Waals surface area (Å²) in [5, 5.41) is 0.668. The van der Waals surface area contributed by atoms with Crippen LogP contribution in [0.25, 0.3) is 10.2 Å². The van der Waals surface area contributed by atoms with E-state index in [0.29, 0.717) is 22.2 Å². The topological polar surface area (TPSA) is 120 Å². The number of aryl methyl sites for hydroxylation is 4. The maximum atomic E-state index is 13.0. The molecule has 9 nitrogen and oxygen atoms in total. The predicted molar refractivity (Wildman–Crippen MR) is 127 cm³/mol. The summed E-state index contributed by atoms with van der Waals surface area (Å²) in [5.74, 6) is -1.55. The number of aromatic amines is 1. The number of ether oxygens (including phenoxy) is 2. The molecule has 0 saturated carbocycles. The summed E-state index contributed by atoms with van der Waals surface area (Å²) in [4.78, 5) is 59.2. The highest BCUT2D eigenvalue weighted by Gasteiger charge is 2.24. The fourth-order valence-corrected chi connectivity index (χ4v) is 5.64. The van der Waals surface area contributed by atoms with Gasteiger partial charge in [-0.15, -0.1) is 11.3 Å². The van der Waals surface area contributed by atoms with Gasteiger partial charge in [-0.25, -0.2) is 9.78 Å². The molecule has 0 unspecified atom stereocenters. The molecule has 3 heterocycles. The lowest BCUT2D eigenvalue weighted by Gasteiger charge is -2.10. The maximum Gasteiger partial charge on any atom is 0.355 e. The average Bonchev–Trinajstić information content (AvgIpc) is 3.34. The molecule has 0 amide bonds. The molecule has 34 heavy (non-hydrogen) atoms. The van der Waals surface area contributed by atoms with Crippen LogP contribution >= 0.6 is 11.3 Å². The van der Waals surface area contributed by atoms with Gasteiger partial charge in [-0.1, -0.05) is 0 Å². The summed E-state index contributed by atoms with van der Waals surface area (Å²) in [6.07, 6.45) is 5.47. The Hall–Kier alpha value is -3.27. The first-order valence-electron chi connectivity index (χ1n) is 11.4. The largest absolute Gasteiger partial charge is 0.461 e. The lowest BCUT2D eigenvalue weighted by molar-refractivity contribution is -0.142. The van der Waals surface area contributed by atoms with Gasteiger partial charge in [0.1, 0.15) is 10.5 Å². The third-order valence-electron chi connectivity index (χ3n) is 6.06. The van der Waals surface area contributed by atoms with Crippen LogP contribution < -0.4 is 5.56 Å². The monoisotopic (exact) mass is 485 g/mol. The zero-order valence-electron chi connectivity index (χ0n) is 19.5. The number of nitrogens with zero attached hydrogens (tertiary/aromatic N) is 2. The van der Waals surface area contributed by atoms with Crippen molar-refractivity contribution in [2.45, 2.75) is 59.4 Å². The number of esters is 2. The van der Waals surface area contributed by atoms with Gasteiger partial charge in [0.05, 0.1) is 24.7 Å². The minimum Gasteiger partial charge on any atom is -0.461 e. The number of H-pyrrole nitrogens is 1. The second-order valence-corrected chi connectivity index (χ2v) is 9.40. The Morgan fingerprint density at radius 3 is 2.71 bits per heavy atom. The Kier molecular flexibility index (Phi) is 6.97. The van der Waals surface area contributed by atoms with Gasteiger partial charge in [0.15, 0.2) is 6.61 Å². The quantitative estimate of drug-likeness (QED) is 0.384. The second-order valence-electron chi connectivity index (χ2n) is 8.31. The molecule has 1 aliphatic carbocycles. The van der Waals surface area contributed by atoms with Crippen LogP contribution in [0.3, 0.4) is 0 Å². The zero-order chi connectivity index (χ0) is 24.4. The molecule has 3 aromatic heterocycles. The summed E-state index contributed by atoms with van der Waals surface area (Å²) in [7, 11) is 0. The molecule has 10 heteroatoms. The van der Waals surface area contributed by atoms with Crippen LogP contribution in [0.1, 0.15) is 68.7 Å². The molecule has 0 spiro atoms. The number of nitrogens with one attached hydrogen (secondary N) is 1. The van der Waals surface area contributed by atoms with Gasteiger partial charge in [-0.3, -0.25) is 19.0 Å². The number of ketones is 1. The summed E-state index contributed by atoms with van der Waals surface area (Å²) in [6.45, 7) is 4.90. The van der Waals surface area contributed by atoms with Gasteiger partial charge in [-0.05, 0) is 57.6 Å². The van der Waals surface area contributed by atoms with Crippen molar-refractivity contribution >= 4 is 39.3 Å².